The number of hydrogen-bond acceptors (Lipinski definition) is 4. The van der Waals surface area contributed by atoms with Crippen molar-refractivity contribution in [2.24, 2.45) is 11.3 Å². The Hall–Kier alpha value is -1.58. The van der Waals surface area contributed by atoms with Crippen molar-refractivity contribution in [2.75, 3.05) is 18.5 Å². The summed E-state index contributed by atoms with van der Waals surface area (Å²) in [5.74, 6) is 0.969. The van der Waals surface area contributed by atoms with Crippen LogP contribution in [0.5, 0.6) is 0 Å². The minimum Gasteiger partial charge on any atom is -0.462 e. The van der Waals surface area contributed by atoms with E-state index in [2.05, 4.69) is 24.1 Å². The molecule has 0 aromatic carbocycles. The fourth-order valence-corrected chi connectivity index (χ4v) is 2.06. The van der Waals surface area contributed by atoms with Crippen molar-refractivity contribution in [3.8, 4) is 0 Å². The molecule has 0 aliphatic heterocycles. The number of nitrogens with one attached hydrogen (secondary N) is 1. The average Bonchev–Trinajstić information content (AvgIpc) is 2.95. The minimum atomic E-state index is -0.317. The quantitative estimate of drug-likeness (QED) is 0.814. The smallest absolute Gasteiger partial charge is 0.341 e. The molecule has 0 spiro atoms. The van der Waals surface area contributed by atoms with Crippen LogP contribution in [-0.2, 0) is 4.74 Å². The fourth-order valence-electron chi connectivity index (χ4n) is 2.06. The van der Waals surface area contributed by atoms with Gasteiger partial charge in [-0.15, -0.1) is 0 Å². The largest absolute Gasteiger partial charge is 0.462 e. The summed E-state index contributed by atoms with van der Waals surface area (Å²) in [5, 5.41) is 3.26. The van der Waals surface area contributed by atoms with Gasteiger partial charge in [-0.05, 0) is 36.8 Å². The number of hydrogen-bond donors (Lipinski definition) is 1. The van der Waals surface area contributed by atoms with Crippen molar-refractivity contribution in [1.82, 2.24) is 4.98 Å². The molecular formula is C14H20N2O2. The second-order valence-electron chi connectivity index (χ2n) is 5.39. The van der Waals surface area contributed by atoms with Crippen molar-refractivity contribution in [3.63, 3.8) is 0 Å². The van der Waals surface area contributed by atoms with Gasteiger partial charge in [0.25, 0.3) is 0 Å². The van der Waals surface area contributed by atoms with Gasteiger partial charge in [-0.25, -0.2) is 9.78 Å². The Bertz CT molecular complexity index is 443. The van der Waals surface area contributed by atoms with E-state index < -0.39 is 0 Å². The van der Waals surface area contributed by atoms with Gasteiger partial charge < -0.3 is 10.1 Å². The fraction of sp³-hybridized carbons (Fsp3) is 0.571. The molecule has 4 heteroatoms. The molecule has 0 bridgehead atoms. The highest BCUT2D eigenvalue weighted by molar-refractivity contribution is 5.94. The standard InChI is InChI=1S/C14H20N2O2/c1-4-18-13(17)11-6-5-7-15-12(11)16-9-10-8-14(10,2)3/h5-7,10H,4,8-9H2,1-3H3,(H,15,16). The third kappa shape index (κ3) is 2.81. The highest BCUT2D eigenvalue weighted by atomic mass is 16.5. The molecular weight excluding hydrogens is 228 g/mol. The molecule has 0 saturated heterocycles. The van der Waals surface area contributed by atoms with Crippen molar-refractivity contribution in [2.45, 2.75) is 27.2 Å². The lowest BCUT2D eigenvalue weighted by molar-refractivity contribution is 0.0527. The predicted molar refractivity (Wildman–Crippen MR) is 70.6 cm³/mol. The van der Waals surface area contributed by atoms with E-state index in [9.17, 15) is 4.79 Å². The molecule has 1 N–H and O–H groups in total. The first-order valence-corrected chi connectivity index (χ1v) is 6.40. The summed E-state index contributed by atoms with van der Waals surface area (Å²) in [7, 11) is 0. The van der Waals surface area contributed by atoms with Gasteiger partial charge in [-0.2, -0.15) is 0 Å². The SMILES string of the molecule is CCOC(=O)c1cccnc1NCC1CC1(C)C. The molecule has 98 valence electrons. The zero-order valence-corrected chi connectivity index (χ0v) is 11.2. The second-order valence-corrected chi connectivity index (χ2v) is 5.39. The molecule has 1 aliphatic carbocycles. The first-order chi connectivity index (χ1) is 8.54. The highest BCUT2D eigenvalue weighted by Crippen LogP contribution is 2.51. The number of carbonyl (C=O) groups excluding carboxylic acids is 1. The van der Waals surface area contributed by atoms with Gasteiger partial charge in [0.1, 0.15) is 11.4 Å². The van der Waals surface area contributed by atoms with Crippen LogP contribution in [0.3, 0.4) is 0 Å². The number of aromatic nitrogens is 1. The molecule has 1 fully saturated rings. The van der Waals surface area contributed by atoms with Crippen LogP contribution in [0.25, 0.3) is 0 Å². The molecule has 4 nitrogen and oxygen atoms in total. The number of carbonyl (C=O) groups is 1. The first-order valence-electron chi connectivity index (χ1n) is 6.40. The van der Waals surface area contributed by atoms with E-state index in [1.165, 1.54) is 6.42 Å². The molecule has 1 aromatic rings. The molecule has 1 atom stereocenters. The van der Waals surface area contributed by atoms with Crippen LogP contribution in [0.1, 0.15) is 37.6 Å². The molecule has 2 rings (SSSR count). The molecule has 1 aliphatic rings. The molecule has 1 saturated carbocycles. The lowest BCUT2D eigenvalue weighted by Gasteiger charge is -2.10. The van der Waals surface area contributed by atoms with E-state index in [4.69, 9.17) is 4.74 Å². The van der Waals surface area contributed by atoms with Crippen LogP contribution < -0.4 is 5.32 Å². The minimum absolute atomic E-state index is 0.317. The highest BCUT2D eigenvalue weighted by Gasteiger charge is 2.45. The van der Waals surface area contributed by atoms with Gasteiger partial charge in [-0.3, -0.25) is 0 Å². The van der Waals surface area contributed by atoms with Gasteiger partial charge in [0, 0.05) is 12.7 Å². The molecule has 0 radical (unpaired) electrons. The van der Waals surface area contributed by atoms with Gasteiger partial charge in [0.2, 0.25) is 0 Å². The van der Waals surface area contributed by atoms with Gasteiger partial charge in [-0.1, -0.05) is 13.8 Å². The topological polar surface area (TPSA) is 51.2 Å². The summed E-state index contributed by atoms with van der Waals surface area (Å²) in [6, 6.07) is 3.49. The molecule has 1 heterocycles. The third-order valence-electron chi connectivity index (χ3n) is 3.54. The zero-order valence-electron chi connectivity index (χ0n) is 11.2. The van der Waals surface area contributed by atoms with Crippen molar-refractivity contribution in [3.05, 3.63) is 23.9 Å². The van der Waals surface area contributed by atoms with Crippen LogP contribution >= 0.6 is 0 Å². The van der Waals surface area contributed by atoms with Crippen LogP contribution in [-0.4, -0.2) is 24.1 Å². The van der Waals surface area contributed by atoms with E-state index in [-0.39, 0.29) is 5.97 Å². The predicted octanol–water partition coefficient (Wildman–Crippen LogP) is 2.72. The Morgan fingerprint density at radius 1 is 1.61 bits per heavy atom. The number of esters is 1. The number of pyridine rings is 1. The molecule has 1 aromatic heterocycles. The third-order valence-corrected chi connectivity index (χ3v) is 3.54. The second kappa shape index (κ2) is 4.96. The monoisotopic (exact) mass is 248 g/mol. The van der Waals surface area contributed by atoms with E-state index in [1.807, 2.05) is 0 Å². The normalized spacial score (nSPS) is 20.3. The van der Waals surface area contributed by atoms with E-state index in [0.717, 1.165) is 6.54 Å². The molecule has 18 heavy (non-hydrogen) atoms. The first kappa shape index (κ1) is 12.9. The maximum atomic E-state index is 11.8. The van der Waals surface area contributed by atoms with Gasteiger partial charge in [0.05, 0.1) is 6.61 Å². The van der Waals surface area contributed by atoms with E-state index in [1.54, 1.807) is 25.3 Å². The average molecular weight is 248 g/mol. The van der Waals surface area contributed by atoms with Gasteiger partial charge >= 0.3 is 5.97 Å². The van der Waals surface area contributed by atoms with Crippen LogP contribution in [0, 0.1) is 11.3 Å². The van der Waals surface area contributed by atoms with Crippen molar-refractivity contribution < 1.29 is 9.53 Å². The maximum Gasteiger partial charge on any atom is 0.341 e. The number of anilines is 1. The number of ether oxygens (including phenoxy) is 1. The van der Waals surface area contributed by atoms with Crippen LogP contribution in [0.4, 0.5) is 5.82 Å². The summed E-state index contributed by atoms with van der Waals surface area (Å²) in [6.07, 6.45) is 2.91. The Balaban J connectivity index is 2.01. The van der Waals surface area contributed by atoms with E-state index in [0.29, 0.717) is 29.3 Å². The van der Waals surface area contributed by atoms with Crippen molar-refractivity contribution in [1.29, 1.82) is 0 Å². The summed E-state index contributed by atoms with van der Waals surface area (Å²) in [6.45, 7) is 7.54. The Kier molecular flexibility index (Phi) is 3.55. The van der Waals surface area contributed by atoms with Gasteiger partial charge in [0.15, 0.2) is 0 Å². The van der Waals surface area contributed by atoms with Crippen LogP contribution in [0.15, 0.2) is 18.3 Å². The van der Waals surface area contributed by atoms with Crippen molar-refractivity contribution >= 4 is 11.8 Å². The van der Waals surface area contributed by atoms with E-state index >= 15 is 0 Å². The maximum absolute atomic E-state index is 11.8. The summed E-state index contributed by atoms with van der Waals surface area (Å²) >= 11 is 0. The molecule has 0 amide bonds. The Morgan fingerprint density at radius 3 is 2.94 bits per heavy atom. The zero-order chi connectivity index (χ0) is 13.2. The molecule has 1 unspecified atom stereocenters. The summed E-state index contributed by atoms with van der Waals surface area (Å²) in [4.78, 5) is 16.0. The lowest BCUT2D eigenvalue weighted by atomic mass is 10.1. The Labute approximate surface area is 108 Å². The van der Waals surface area contributed by atoms with Crippen LogP contribution in [0.2, 0.25) is 0 Å². The summed E-state index contributed by atoms with van der Waals surface area (Å²) < 4.78 is 5.01. The summed E-state index contributed by atoms with van der Waals surface area (Å²) in [5.41, 5.74) is 0.934. The Morgan fingerprint density at radius 2 is 2.33 bits per heavy atom. The lowest BCUT2D eigenvalue weighted by Crippen LogP contribution is -2.14. The number of rotatable bonds is 5. The number of nitrogens with zero attached hydrogens (tertiary/aromatic N) is 1.